The largest absolute Gasteiger partial charge is 0.483 e. The number of amides is 2. The standard InChI is InChI=1S/C22H25ClN2O3/c1-24-22(27)16-7-10-18(11-8-16)25-21(26)14-28-20-12-9-17(23)13-19(20)15-5-3-2-4-6-15/h7-13,15H,2-6,14H2,1H3,(H,24,27)(H,25,26). The average molecular weight is 401 g/mol. The van der Waals surface area contributed by atoms with Gasteiger partial charge in [0.25, 0.3) is 11.8 Å². The van der Waals surface area contributed by atoms with Gasteiger partial charge < -0.3 is 15.4 Å². The van der Waals surface area contributed by atoms with Crippen molar-refractivity contribution in [2.75, 3.05) is 19.0 Å². The summed E-state index contributed by atoms with van der Waals surface area (Å²) in [7, 11) is 1.58. The number of halogens is 1. The third-order valence-electron chi connectivity index (χ3n) is 5.03. The number of nitrogens with one attached hydrogen (secondary N) is 2. The van der Waals surface area contributed by atoms with Crippen LogP contribution in [0.4, 0.5) is 5.69 Å². The Hall–Kier alpha value is -2.53. The van der Waals surface area contributed by atoms with E-state index in [-0.39, 0.29) is 18.4 Å². The van der Waals surface area contributed by atoms with Crippen LogP contribution in [0.15, 0.2) is 42.5 Å². The minimum absolute atomic E-state index is 0.0848. The summed E-state index contributed by atoms with van der Waals surface area (Å²) >= 11 is 6.19. The van der Waals surface area contributed by atoms with Gasteiger partial charge in [-0.15, -0.1) is 0 Å². The van der Waals surface area contributed by atoms with Crippen molar-refractivity contribution < 1.29 is 14.3 Å². The highest BCUT2D eigenvalue weighted by molar-refractivity contribution is 6.30. The van der Waals surface area contributed by atoms with Crippen LogP contribution in [0.3, 0.4) is 0 Å². The topological polar surface area (TPSA) is 67.4 Å². The molecule has 1 aliphatic rings. The number of ether oxygens (including phenoxy) is 1. The lowest BCUT2D eigenvalue weighted by molar-refractivity contribution is -0.118. The van der Waals surface area contributed by atoms with Gasteiger partial charge in [-0.3, -0.25) is 9.59 Å². The molecule has 0 atom stereocenters. The first-order chi connectivity index (χ1) is 13.6. The lowest BCUT2D eigenvalue weighted by atomic mass is 9.84. The monoisotopic (exact) mass is 400 g/mol. The van der Waals surface area contributed by atoms with Crippen molar-refractivity contribution in [3.8, 4) is 5.75 Å². The van der Waals surface area contributed by atoms with Gasteiger partial charge in [0.2, 0.25) is 0 Å². The van der Waals surface area contributed by atoms with E-state index in [0.717, 1.165) is 24.2 Å². The minimum Gasteiger partial charge on any atom is -0.483 e. The molecule has 2 aromatic rings. The Bertz CT molecular complexity index is 830. The minimum atomic E-state index is -0.253. The summed E-state index contributed by atoms with van der Waals surface area (Å²) in [5.74, 6) is 0.737. The first kappa shape index (κ1) is 20.2. The van der Waals surface area contributed by atoms with Crippen molar-refractivity contribution in [2.24, 2.45) is 0 Å². The molecule has 0 saturated heterocycles. The number of benzene rings is 2. The van der Waals surface area contributed by atoms with Crippen LogP contribution in [0, 0.1) is 0 Å². The Morgan fingerprint density at radius 2 is 1.79 bits per heavy atom. The van der Waals surface area contributed by atoms with Crippen LogP contribution in [0.25, 0.3) is 0 Å². The molecule has 2 aromatic carbocycles. The van der Waals surface area contributed by atoms with Gasteiger partial charge in [-0.05, 0) is 66.8 Å². The van der Waals surface area contributed by atoms with E-state index in [0.29, 0.717) is 22.2 Å². The second-order valence-electron chi connectivity index (χ2n) is 7.01. The zero-order chi connectivity index (χ0) is 19.9. The van der Waals surface area contributed by atoms with Crippen molar-refractivity contribution in [2.45, 2.75) is 38.0 Å². The lowest BCUT2D eigenvalue weighted by Crippen LogP contribution is -2.21. The molecule has 148 valence electrons. The summed E-state index contributed by atoms with van der Waals surface area (Å²) in [6.07, 6.45) is 5.95. The van der Waals surface area contributed by atoms with E-state index in [1.165, 1.54) is 19.3 Å². The van der Waals surface area contributed by atoms with Crippen LogP contribution < -0.4 is 15.4 Å². The van der Waals surface area contributed by atoms with Crippen LogP contribution in [0.5, 0.6) is 5.75 Å². The Morgan fingerprint density at radius 1 is 1.07 bits per heavy atom. The van der Waals surface area contributed by atoms with Crippen LogP contribution >= 0.6 is 11.6 Å². The van der Waals surface area contributed by atoms with Gasteiger partial charge in [0.15, 0.2) is 6.61 Å². The van der Waals surface area contributed by atoms with Gasteiger partial charge in [-0.1, -0.05) is 30.9 Å². The predicted octanol–water partition coefficient (Wildman–Crippen LogP) is 4.76. The molecule has 1 saturated carbocycles. The molecule has 0 bridgehead atoms. The van der Waals surface area contributed by atoms with Gasteiger partial charge in [0.05, 0.1) is 0 Å². The number of rotatable bonds is 6. The van der Waals surface area contributed by atoms with E-state index in [9.17, 15) is 9.59 Å². The zero-order valence-corrected chi connectivity index (χ0v) is 16.7. The van der Waals surface area contributed by atoms with Crippen molar-refractivity contribution in [1.82, 2.24) is 5.32 Å². The third-order valence-corrected chi connectivity index (χ3v) is 5.27. The first-order valence-corrected chi connectivity index (χ1v) is 9.99. The number of hydrogen-bond donors (Lipinski definition) is 2. The zero-order valence-electron chi connectivity index (χ0n) is 16.0. The highest BCUT2D eigenvalue weighted by atomic mass is 35.5. The molecule has 6 heteroatoms. The van der Waals surface area contributed by atoms with Gasteiger partial charge in [0, 0.05) is 23.3 Å². The van der Waals surface area contributed by atoms with Crippen LogP contribution in [0.2, 0.25) is 5.02 Å². The molecular weight excluding hydrogens is 376 g/mol. The van der Waals surface area contributed by atoms with E-state index < -0.39 is 0 Å². The summed E-state index contributed by atoms with van der Waals surface area (Å²) in [6.45, 7) is -0.0848. The summed E-state index contributed by atoms with van der Waals surface area (Å²) in [6, 6.07) is 12.3. The molecule has 1 aliphatic carbocycles. The Balaban J connectivity index is 1.60. The van der Waals surface area contributed by atoms with E-state index in [1.807, 2.05) is 12.1 Å². The fraction of sp³-hybridized carbons (Fsp3) is 0.364. The quantitative estimate of drug-likeness (QED) is 0.734. The molecular formula is C22H25ClN2O3. The van der Waals surface area contributed by atoms with Gasteiger partial charge >= 0.3 is 0 Å². The fourth-order valence-corrected chi connectivity index (χ4v) is 3.75. The molecule has 5 nitrogen and oxygen atoms in total. The Kier molecular flexibility index (Phi) is 6.93. The maximum absolute atomic E-state index is 12.3. The van der Waals surface area contributed by atoms with Crippen LogP contribution in [-0.4, -0.2) is 25.5 Å². The van der Waals surface area contributed by atoms with Crippen LogP contribution in [0.1, 0.15) is 53.9 Å². The molecule has 0 spiro atoms. The van der Waals surface area contributed by atoms with E-state index in [1.54, 1.807) is 37.4 Å². The van der Waals surface area contributed by atoms with Gasteiger partial charge in [-0.25, -0.2) is 0 Å². The number of carbonyl (C=O) groups excluding carboxylic acids is 2. The highest BCUT2D eigenvalue weighted by Gasteiger charge is 2.20. The first-order valence-electron chi connectivity index (χ1n) is 9.61. The van der Waals surface area contributed by atoms with E-state index in [4.69, 9.17) is 16.3 Å². The normalized spacial score (nSPS) is 14.4. The molecule has 28 heavy (non-hydrogen) atoms. The fourth-order valence-electron chi connectivity index (χ4n) is 3.57. The average Bonchev–Trinajstić information content (AvgIpc) is 2.73. The maximum atomic E-state index is 12.3. The number of hydrogen-bond acceptors (Lipinski definition) is 3. The molecule has 2 amide bonds. The smallest absolute Gasteiger partial charge is 0.262 e. The third kappa shape index (κ3) is 5.26. The predicted molar refractivity (Wildman–Crippen MR) is 111 cm³/mol. The van der Waals surface area contributed by atoms with Crippen LogP contribution in [-0.2, 0) is 4.79 Å². The van der Waals surface area contributed by atoms with Crippen molar-refractivity contribution in [1.29, 1.82) is 0 Å². The molecule has 0 aliphatic heterocycles. The lowest BCUT2D eigenvalue weighted by Gasteiger charge is -2.24. The molecule has 0 radical (unpaired) electrons. The summed E-state index contributed by atoms with van der Waals surface area (Å²) in [4.78, 5) is 23.8. The van der Waals surface area contributed by atoms with Crippen molar-refractivity contribution in [3.63, 3.8) is 0 Å². The van der Waals surface area contributed by atoms with Gasteiger partial charge in [-0.2, -0.15) is 0 Å². The molecule has 0 aromatic heterocycles. The summed E-state index contributed by atoms with van der Waals surface area (Å²) < 4.78 is 5.82. The Labute approximate surface area is 170 Å². The Morgan fingerprint density at radius 3 is 2.46 bits per heavy atom. The summed E-state index contributed by atoms with van der Waals surface area (Å²) in [5.41, 5.74) is 2.25. The van der Waals surface area contributed by atoms with Crippen molar-refractivity contribution in [3.05, 3.63) is 58.6 Å². The van der Waals surface area contributed by atoms with Gasteiger partial charge in [0.1, 0.15) is 5.75 Å². The van der Waals surface area contributed by atoms with Crippen molar-refractivity contribution >= 4 is 29.1 Å². The summed E-state index contributed by atoms with van der Waals surface area (Å²) in [5, 5.41) is 6.03. The number of carbonyl (C=O) groups is 2. The molecule has 0 unspecified atom stereocenters. The SMILES string of the molecule is CNC(=O)c1ccc(NC(=O)COc2ccc(Cl)cc2C2CCCCC2)cc1. The molecule has 3 rings (SSSR count). The van der Waals surface area contributed by atoms with E-state index >= 15 is 0 Å². The van der Waals surface area contributed by atoms with E-state index in [2.05, 4.69) is 10.6 Å². The molecule has 1 fully saturated rings. The number of anilines is 1. The second-order valence-corrected chi connectivity index (χ2v) is 7.45. The maximum Gasteiger partial charge on any atom is 0.262 e. The highest BCUT2D eigenvalue weighted by Crippen LogP contribution is 2.38. The molecule has 0 heterocycles. The molecule has 2 N–H and O–H groups in total. The second kappa shape index (κ2) is 9.60.